The van der Waals surface area contributed by atoms with Crippen LogP contribution in [0.15, 0.2) is 54.6 Å². The van der Waals surface area contributed by atoms with Crippen molar-refractivity contribution in [3.05, 3.63) is 77.4 Å². The fraction of sp³-hybridized carbons (Fsp3) is 0.227. The summed E-state index contributed by atoms with van der Waals surface area (Å²) in [5, 5.41) is 3.08. The van der Waals surface area contributed by atoms with Gasteiger partial charge in [0.15, 0.2) is 11.5 Å². The Balaban J connectivity index is 1.73. The maximum Gasteiger partial charge on any atom is 0.416 e. The molecule has 0 amide bonds. The highest BCUT2D eigenvalue weighted by atomic mass is 19.4. The fourth-order valence-corrected chi connectivity index (χ4v) is 3.26. The predicted octanol–water partition coefficient (Wildman–Crippen LogP) is 5.75. The van der Waals surface area contributed by atoms with Gasteiger partial charge in [0.25, 0.3) is 0 Å². The van der Waals surface area contributed by atoms with Gasteiger partial charge >= 0.3 is 6.18 Å². The van der Waals surface area contributed by atoms with Gasteiger partial charge < -0.3 is 10.3 Å². The van der Waals surface area contributed by atoms with Gasteiger partial charge in [-0.25, -0.2) is 15.0 Å². The summed E-state index contributed by atoms with van der Waals surface area (Å²) in [5.41, 5.74) is 1.56. The smallest absolute Gasteiger partial charge is 0.338 e. The Hall–Kier alpha value is -3.42. The Labute approximate surface area is 171 Å². The molecule has 2 heterocycles. The molecule has 4 aromatic rings. The molecule has 0 aliphatic heterocycles. The molecule has 4 rings (SSSR count). The van der Waals surface area contributed by atoms with Crippen molar-refractivity contribution in [2.24, 2.45) is 0 Å². The first-order chi connectivity index (χ1) is 14.1. The number of nitrogens with one attached hydrogen (secondary N) is 2. The number of benzene rings is 2. The Kier molecular flexibility index (Phi) is 4.72. The Morgan fingerprint density at radius 3 is 2.13 bits per heavy atom. The van der Waals surface area contributed by atoms with E-state index in [-0.39, 0.29) is 0 Å². The number of aromatic amines is 1. The van der Waals surface area contributed by atoms with Crippen LogP contribution in [0.5, 0.6) is 0 Å². The first-order valence-corrected chi connectivity index (χ1v) is 9.39. The molecule has 154 valence electrons. The third-order valence-corrected chi connectivity index (χ3v) is 5.03. The lowest BCUT2D eigenvalue weighted by Gasteiger charge is -2.22. The fourth-order valence-electron chi connectivity index (χ4n) is 3.26. The van der Waals surface area contributed by atoms with Gasteiger partial charge in [0, 0.05) is 11.1 Å². The van der Waals surface area contributed by atoms with Gasteiger partial charge in [0.2, 0.25) is 0 Å². The van der Waals surface area contributed by atoms with E-state index in [0.29, 0.717) is 28.5 Å². The second kappa shape index (κ2) is 7.12. The largest absolute Gasteiger partial charge is 0.416 e. The Morgan fingerprint density at radius 1 is 0.833 bits per heavy atom. The summed E-state index contributed by atoms with van der Waals surface area (Å²) in [4.78, 5) is 16.8. The van der Waals surface area contributed by atoms with Crippen molar-refractivity contribution in [1.82, 2.24) is 19.9 Å². The molecule has 0 unspecified atom stereocenters. The number of imidazole rings is 1. The van der Waals surface area contributed by atoms with Crippen molar-refractivity contribution in [3.8, 4) is 0 Å². The van der Waals surface area contributed by atoms with Crippen molar-refractivity contribution in [2.45, 2.75) is 32.4 Å². The third-order valence-electron chi connectivity index (χ3n) is 5.03. The van der Waals surface area contributed by atoms with Crippen LogP contribution >= 0.6 is 0 Å². The first kappa shape index (κ1) is 19.9. The number of aryl methyl sites for hydroxylation is 1. The van der Waals surface area contributed by atoms with E-state index in [9.17, 15) is 13.2 Å². The molecule has 0 spiro atoms. The minimum Gasteiger partial charge on any atom is -0.338 e. The number of anilines is 2. The van der Waals surface area contributed by atoms with E-state index in [2.05, 4.69) is 39.1 Å². The summed E-state index contributed by atoms with van der Waals surface area (Å²) < 4.78 is 38.4. The maximum atomic E-state index is 12.8. The summed E-state index contributed by atoms with van der Waals surface area (Å²) in [6.45, 7) is 5.86. The molecular formula is C22H20F3N5. The minimum atomic E-state index is -4.38. The zero-order valence-electron chi connectivity index (χ0n) is 16.7. The van der Waals surface area contributed by atoms with Crippen LogP contribution in [0.1, 0.15) is 36.6 Å². The number of halogens is 3. The Bertz CT molecular complexity index is 1180. The maximum absolute atomic E-state index is 12.8. The Morgan fingerprint density at radius 2 is 1.50 bits per heavy atom. The van der Waals surface area contributed by atoms with Gasteiger partial charge in [-0.2, -0.15) is 13.2 Å². The molecule has 8 heteroatoms. The van der Waals surface area contributed by atoms with Gasteiger partial charge in [0.1, 0.15) is 17.2 Å². The lowest BCUT2D eigenvalue weighted by atomic mass is 9.84. The average molecular weight is 411 g/mol. The monoisotopic (exact) mass is 411 g/mol. The molecule has 0 radical (unpaired) electrons. The van der Waals surface area contributed by atoms with Crippen LogP contribution in [-0.4, -0.2) is 19.9 Å². The SMILES string of the molecule is Cc1nc(Nc2ccc(C(F)(F)F)cc2)c2[nH]c(C(C)(C)c3ccccc3)nc2n1. The van der Waals surface area contributed by atoms with E-state index >= 15 is 0 Å². The highest BCUT2D eigenvalue weighted by molar-refractivity contribution is 5.85. The summed E-state index contributed by atoms with van der Waals surface area (Å²) in [6.07, 6.45) is -4.38. The molecule has 0 bridgehead atoms. The quantitative estimate of drug-likeness (QED) is 0.449. The number of alkyl halides is 3. The molecule has 0 aliphatic rings. The summed E-state index contributed by atoms with van der Waals surface area (Å²) in [7, 11) is 0. The van der Waals surface area contributed by atoms with E-state index in [1.165, 1.54) is 12.1 Å². The molecule has 0 atom stereocenters. The normalized spacial score (nSPS) is 12.3. The molecule has 2 aromatic heterocycles. The van der Waals surface area contributed by atoms with Crippen LogP contribution in [0.4, 0.5) is 24.7 Å². The number of H-pyrrole nitrogens is 1. The lowest BCUT2D eigenvalue weighted by molar-refractivity contribution is -0.137. The number of hydrogen-bond donors (Lipinski definition) is 2. The molecule has 0 aliphatic carbocycles. The number of rotatable bonds is 4. The lowest BCUT2D eigenvalue weighted by Crippen LogP contribution is -2.20. The van der Waals surface area contributed by atoms with Crippen LogP contribution in [0.3, 0.4) is 0 Å². The highest BCUT2D eigenvalue weighted by Gasteiger charge is 2.30. The van der Waals surface area contributed by atoms with E-state index < -0.39 is 17.2 Å². The topological polar surface area (TPSA) is 66.5 Å². The molecule has 0 fully saturated rings. The molecule has 2 N–H and O–H groups in total. The van der Waals surface area contributed by atoms with Crippen LogP contribution in [0.25, 0.3) is 11.2 Å². The molecule has 5 nitrogen and oxygen atoms in total. The van der Waals surface area contributed by atoms with Gasteiger partial charge in [-0.3, -0.25) is 0 Å². The molecule has 0 saturated heterocycles. The van der Waals surface area contributed by atoms with Gasteiger partial charge in [-0.15, -0.1) is 0 Å². The highest BCUT2D eigenvalue weighted by Crippen LogP contribution is 2.33. The van der Waals surface area contributed by atoms with E-state index in [4.69, 9.17) is 0 Å². The predicted molar refractivity (Wildman–Crippen MR) is 110 cm³/mol. The minimum absolute atomic E-state index is 0.401. The van der Waals surface area contributed by atoms with Gasteiger partial charge in [0.05, 0.1) is 5.56 Å². The molecule has 30 heavy (non-hydrogen) atoms. The van der Waals surface area contributed by atoms with Crippen molar-refractivity contribution in [2.75, 3.05) is 5.32 Å². The van der Waals surface area contributed by atoms with E-state index in [1.54, 1.807) is 6.92 Å². The second-order valence-corrected chi connectivity index (χ2v) is 7.59. The number of aromatic nitrogens is 4. The molecular weight excluding hydrogens is 391 g/mol. The molecule has 2 aromatic carbocycles. The van der Waals surface area contributed by atoms with Crippen molar-refractivity contribution in [1.29, 1.82) is 0 Å². The van der Waals surface area contributed by atoms with Gasteiger partial charge in [-0.05, 0) is 50.6 Å². The number of fused-ring (bicyclic) bond motifs is 1. The van der Waals surface area contributed by atoms with Crippen LogP contribution < -0.4 is 5.32 Å². The van der Waals surface area contributed by atoms with Crippen LogP contribution in [0.2, 0.25) is 0 Å². The van der Waals surface area contributed by atoms with E-state index in [0.717, 1.165) is 23.5 Å². The summed E-state index contributed by atoms with van der Waals surface area (Å²) in [5.74, 6) is 1.69. The van der Waals surface area contributed by atoms with Crippen LogP contribution in [0, 0.1) is 6.92 Å². The standard InChI is InChI=1S/C22H20F3N5/c1-13-26-18(28-16-11-9-15(10-12-16)22(23,24)25)17-19(27-13)30-20(29-17)21(2,3)14-7-5-4-6-8-14/h4-12H,1-3H3,(H2,26,27,28,29,30). The van der Waals surface area contributed by atoms with Gasteiger partial charge in [-0.1, -0.05) is 30.3 Å². The first-order valence-electron chi connectivity index (χ1n) is 9.39. The zero-order valence-corrected chi connectivity index (χ0v) is 16.7. The van der Waals surface area contributed by atoms with Crippen molar-refractivity contribution < 1.29 is 13.2 Å². The number of nitrogens with zero attached hydrogens (tertiary/aromatic N) is 3. The third kappa shape index (κ3) is 3.72. The molecule has 0 saturated carbocycles. The van der Waals surface area contributed by atoms with Crippen molar-refractivity contribution >= 4 is 22.7 Å². The number of hydrogen-bond acceptors (Lipinski definition) is 4. The van der Waals surface area contributed by atoms with E-state index in [1.807, 2.05) is 30.3 Å². The summed E-state index contributed by atoms with van der Waals surface area (Å²) >= 11 is 0. The average Bonchev–Trinajstić information content (AvgIpc) is 3.13. The van der Waals surface area contributed by atoms with Crippen molar-refractivity contribution in [3.63, 3.8) is 0 Å². The summed E-state index contributed by atoms with van der Waals surface area (Å²) in [6, 6.07) is 14.8. The van der Waals surface area contributed by atoms with Crippen LogP contribution in [-0.2, 0) is 11.6 Å². The zero-order chi connectivity index (χ0) is 21.5. The second-order valence-electron chi connectivity index (χ2n) is 7.59.